The lowest BCUT2D eigenvalue weighted by atomic mass is 9.93. The van der Waals surface area contributed by atoms with Crippen molar-refractivity contribution in [3.63, 3.8) is 0 Å². The van der Waals surface area contributed by atoms with Crippen molar-refractivity contribution in [2.45, 2.75) is 58.4 Å². The molecule has 2 amide bonds. The first-order valence-electron chi connectivity index (χ1n) is 7.13. The van der Waals surface area contributed by atoms with Crippen molar-refractivity contribution < 1.29 is 14.7 Å². The number of carboxylic acids is 1. The first-order valence-corrected chi connectivity index (χ1v) is 7.13. The lowest BCUT2D eigenvalue weighted by Gasteiger charge is -2.35. The van der Waals surface area contributed by atoms with Gasteiger partial charge in [0.15, 0.2) is 0 Å². The van der Waals surface area contributed by atoms with Crippen LogP contribution in [0.2, 0.25) is 0 Å². The van der Waals surface area contributed by atoms with Crippen LogP contribution < -0.4 is 5.32 Å². The number of urea groups is 1. The van der Waals surface area contributed by atoms with Gasteiger partial charge in [0.1, 0.15) is 0 Å². The Morgan fingerprint density at radius 1 is 1.32 bits per heavy atom. The molecular weight excluding hydrogens is 244 g/mol. The van der Waals surface area contributed by atoms with E-state index in [1.165, 1.54) is 0 Å². The van der Waals surface area contributed by atoms with Crippen LogP contribution in [-0.2, 0) is 4.79 Å². The normalized spacial score (nSPS) is 17.3. The van der Waals surface area contributed by atoms with Crippen LogP contribution in [0.5, 0.6) is 0 Å². The van der Waals surface area contributed by atoms with E-state index >= 15 is 0 Å². The Bertz CT molecular complexity index is 321. The fourth-order valence-corrected chi connectivity index (χ4v) is 2.64. The van der Waals surface area contributed by atoms with Crippen molar-refractivity contribution in [2.75, 3.05) is 13.1 Å². The van der Waals surface area contributed by atoms with E-state index in [4.69, 9.17) is 5.11 Å². The molecule has 1 aliphatic rings. The van der Waals surface area contributed by atoms with Gasteiger partial charge in [0.2, 0.25) is 0 Å². The van der Waals surface area contributed by atoms with Crippen LogP contribution in [0.4, 0.5) is 4.79 Å². The summed E-state index contributed by atoms with van der Waals surface area (Å²) in [5, 5.41) is 11.8. The number of hydrogen-bond donors (Lipinski definition) is 2. The highest BCUT2D eigenvalue weighted by Crippen LogP contribution is 2.21. The average Bonchev–Trinajstić information content (AvgIpc) is 2.28. The Labute approximate surface area is 115 Å². The molecule has 19 heavy (non-hydrogen) atoms. The lowest BCUT2D eigenvalue weighted by Crippen LogP contribution is -2.52. The van der Waals surface area contributed by atoms with Gasteiger partial charge in [0, 0.05) is 25.0 Å². The number of carboxylic acid groups (broad SMARTS) is 1. The number of amides is 2. The highest BCUT2D eigenvalue weighted by molar-refractivity contribution is 5.75. The third-order valence-corrected chi connectivity index (χ3v) is 3.69. The number of likely N-dealkylation sites (tertiary alicyclic amines) is 1. The van der Waals surface area contributed by atoms with Crippen LogP contribution in [0.3, 0.4) is 0 Å². The van der Waals surface area contributed by atoms with Gasteiger partial charge in [-0.3, -0.25) is 4.79 Å². The van der Waals surface area contributed by atoms with Crippen molar-refractivity contribution in [3.8, 4) is 0 Å². The largest absolute Gasteiger partial charge is 0.481 e. The number of carbonyl (C=O) groups excluding carboxylic acids is 1. The summed E-state index contributed by atoms with van der Waals surface area (Å²) in [5.74, 6) is -0.530. The smallest absolute Gasteiger partial charge is 0.317 e. The van der Waals surface area contributed by atoms with Crippen LogP contribution in [0.25, 0.3) is 0 Å². The number of hydrogen-bond acceptors (Lipinski definition) is 2. The summed E-state index contributed by atoms with van der Waals surface area (Å²) in [6.45, 7) is 7.49. The van der Waals surface area contributed by atoms with Crippen molar-refractivity contribution in [1.29, 1.82) is 0 Å². The zero-order valence-corrected chi connectivity index (χ0v) is 12.2. The zero-order chi connectivity index (χ0) is 14.5. The van der Waals surface area contributed by atoms with E-state index in [9.17, 15) is 9.59 Å². The Morgan fingerprint density at radius 3 is 2.37 bits per heavy atom. The molecule has 5 heteroatoms. The van der Waals surface area contributed by atoms with Gasteiger partial charge in [0.25, 0.3) is 0 Å². The second-order valence-corrected chi connectivity index (χ2v) is 6.09. The highest BCUT2D eigenvalue weighted by atomic mass is 16.4. The summed E-state index contributed by atoms with van der Waals surface area (Å²) in [6.07, 6.45) is 3.78. The Balaban J connectivity index is 2.38. The van der Waals surface area contributed by atoms with E-state index in [1.807, 2.05) is 13.8 Å². The van der Waals surface area contributed by atoms with Crippen LogP contribution in [0.15, 0.2) is 0 Å². The molecule has 0 spiro atoms. The van der Waals surface area contributed by atoms with E-state index in [0.29, 0.717) is 13.1 Å². The molecule has 1 aliphatic heterocycles. The number of aliphatic carboxylic acids is 1. The molecule has 0 aliphatic carbocycles. The molecule has 0 bridgehead atoms. The van der Waals surface area contributed by atoms with E-state index in [2.05, 4.69) is 12.2 Å². The van der Waals surface area contributed by atoms with Gasteiger partial charge in [-0.05, 0) is 39.0 Å². The van der Waals surface area contributed by atoms with Gasteiger partial charge >= 0.3 is 12.0 Å². The zero-order valence-electron chi connectivity index (χ0n) is 12.2. The van der Waals surface area contributed by atoms with Gasteiger partial charge in [-0.15, -0.1) is 0 Å². The maximum absolute atomic E-state index is 12.1. The fourth-order valence-electron chi connectivity index (χ4n) is 2.64. The van der Waals surface area contributed by atoms with Crippen LogP contribution in [0, 0.1) is 5.92 Å². The number of nitrogens with zero attached hydrogens (tertiary/aromatic N) is 1. The van der Waals surface area contributed by atoms with E-state index in [0.717, 1.165) is 25.7 Å². The third kappa shape index (κ3) is 5.49. The predicted octanol–water partition coefficient (Wildman–Crippen LogP) is 2.46. The molecule has 5 nitrogen and oxygen atoms in total. The van der Waals surface area contributed by atoms with Gasteiger partial charge in [0.05, 0.1) is 0 Å². The molecule has 0 unspecified atom stereocenters. The fraction of sp³-hybridized carbons (Fsp3) is 0.857. The molecule has 0 aromatic carbocycles. The summed E-state index contributed by atoms with van der Waals surface area (Å²) >= 11 is 0. The van der Waals surface area contributed by atoms with E-state index in [-0.39, 0.29) is 23.9 Å². The molecule has 1 heterocycles. The van der Waals surface area contributed by atoms with Gasteiger partial charge in [-0.25, -0.2) is 4.79 Å². The SMILES string of the molecule is CCCC(C)(C)NC(=O)N1CCC(CC(=O)O)CC1. The van der Waals surface area contributed by atoms with Crippen molar-refractivity contribution in [2.24, 2.45) is 5.92 Å². The summed E-state index contributed by atoms with van der Waals surface area (Å²) in [5.41, 5.74) is -0.177. The number of nitrogens with one attached hydrogen (secondary N) is 1. The maximum atomic E-state index is 12.1. The Kier molecular flexibility index (Phi) is 5.63. The first kappa shape index (κ1) is 15.8. The summed E-state index contributed by atoms with van der Waals surface area (Å²) in [7, 11) is 0. The molecule has 1 saturated heterocycles. The molecule has 1 fully saturated rings. The number of carbonyl (C=O) groups is 2. The van der Waals surface area contributed by atoms with Crippen LogP contribution in [0.1, 0.15) is 52.9 Å². The molecule has 2 N–H and O–H groups in total. The van der Waals surface area contributed by atoms with Crippen molar-refractivity contribution in [3.05, 3.63) is 0 Å². The van der Waals surface area contributed by atoms with Crippen molar-refractivity contribution >= 4 is 12.0 Å². The minimum atomic E-state index is -0.744. The molecule has 0 saturated carbocycles. The third-order valence-electron chi connectivity index (χ3n) is 3.69. The summed E-state index contributed by atoms with van der Waals surface area (Å²) in [4.78, 5) is 24.6. The molecule has 0 radical (unpaired) electrons. The van der Waals surface area contributed by atoms with Crippen LogP contribution >= 0.6 is 0 Å². The van der Waals surface area contributed by atoms with E-state index < -0.39 is 5.97 Å². The minimum absolute atomic E-state index is 0.0211. The molecule has 0 aromatic heterocycles. The molecule has 0 aromatic rings. The quantitative estimate of drug-likeness (QED) is 0.806. The predicted molar refractivity (Wildman–Crippen MR) is 74.1 cm³/mol. The Hall–Kier alpha value is -1.26. The standard InChI is InChI=1S/C14H26N2O3/c1-4-7-14(2,3)15-13(19)16-8-5-11(6-9-16)10-12(17)18/h11H,4-10H2,1-3H3,(H,15,19)(H,17,18). The molecule has 110 valence electrons. The number of rotatable bonds is 5. The van der Waals surface area contributed by atoms with E-state index in [1.54, 1.807) is 4.90 Å². The monoisotopic (exact) mass is 270 g/mol. The van der Waals surface area contributed by atoms with Crippen molar-refractivity contribution in [1.82, 2.24) is 10.2 Å². The Morgan fingerprint density at radius 2 is 1.89 bits per heavy atom. The molecule has 1 rings (SSSR count). The minimum Gasteiger partial charge on any atom is -0.481 e. The maximum Gasteiger partial charge on any atom is 0.317 e. The van der Waals surface area contributed by atoms with Crippen LogP contribution in [-0.4, -0.2) is 40.6 Å². The first-order chi connectivity index (χ1) is 8.84. The summed E-state index contributed by atoms with van der Waals surface area (Å²) in [6, 6.07) is -0.0211. The summed E-state index contributed by atoms with van der Waals surface area (Å²) < 4.78 is 0. The average molecular weight is 270 g/mol. The molecular formula is C14H26N2O3. The van der Waals surface area contributed by atoms with Gasteiger partial charge in [-0.2, -0.15) is 0 Å². The van der Waals surface area contributed by atoms with Gasteiger partial charge < -0.3 is 15.3 Å². The topological polar surface area (TPSA) is 69.6 Å². The second kappa shape index (κ2) is 6.78. The lowest BCUT2D eigenvalue weighted by molar-refractivity contribution is -0.138. The molecule has 0 atom stereocenters. The second-order valence-electron chi connectivity index (χ2n) is 6.09. The highest BCUT2D eigenvalue weighted by Gasteiger charge is 2.27. The van der Waals surface area contributed by atoms with Gasteiger partial charge in [-0.1, -0.05) is 13.3 Å². The number of piperidine rings is 1.